The molecule has 0 saturated heterocycles. The first kappa shape index (κ1) is 17.7. The van der Waals surface area contributed by atoms with E-state index in [0.717, 1.165) is 41.7 Å². The Balaban J connectivity index is 1.74. The highest BCUT2D eigenvalue weighted by molar-refractivity contribution is 5.84. The van der Waals surface area contributed by atoms with Crippen LogP contribution in [0.4, 0.5) is 4.79 Å². The quantitative estimate of drug-likeness (QED) is 0.745. The fourth-order valence-electron chi connectivity index (χ4n) is 3.81. The van der Waals surface area contributed by atoms with Crippen LogP contribution in [0.3, 0.4) is 0 Å². The van der Waals surface area contributed by atoms with Crippen LogP contribution < -0.4 is 10.1 Å². The number of hydrogen-bond acceptors (Lipinski definition) is 5. The summed E-state index contributed by atoms with van der Waals surface area (Å²) in [4.78, 5) is 14.0. The van der Waals surface area contributed by atoms with Gasteiger partial charge in [-0.05, 0) is 31.0 Å². The van der Waals surface area contributed by atoms with Crippen LogP contribution in [0.15, 0.2) is 30.0 Å². The van der Waals surface area contributed by atoms with Gasteiger partial charge in [-0.25, -0.2) is 4.79 Å². The smallest absolute Gasteiger partial charge is 0.407 e. The molecule has 0 aliphatic carbocycles. The van der Waals surface area contributed by atoms with E-state index < -0.39 is 0 Å². The molecule has 1 amide bonds. The van der Waals surface area contributed by atoms with E-state index in [1.54, 1.807) is 0 Å². The molecule has 3 heterocycles. The molecule has 4 rings (SSSR count). The summed E-state index contributed by atoms with van der Waals surface area (Å²) in [5, 5.41) is 11.7. The Bertz CT molecular complexity index is 875. The number of allylic oxidation sites excluding steroid dienone is 1. The molecule has 1 aromatic heterocycles. The van der Waals surface area contributed by atoms with Crippen molar-refractivity contribution in [1.29, 1.82) is 0 Å². The van der Waals surface area contributed by atoms with Crippen LogP contribution in [0.25, 0.3) is 10.9 Å². The number of hydrogen-bond donors (Lipinski definition) is 2. The number of fused-ring (bicyclic) bond motifs is 3. The summed E-state index contributed by atoms with van der Waals surface area (Å²) in [5.41, 5.74) is 3.05. The largest absolute Gasteiger partial charge is 0.494 e. The van der Waals surface area contributed by atoms with Crippen molar-refractivity contribution in [2.45, 2.75) is 31.6 Å². The number of carbonyl (C=O) groups excluding carboxylic acids is 1. The number of H-pyrrole nitrogens is 1. The minimum atomic E-state index is -0.375. The van der Waals surface area contributed by atoms with E-state index in [-0.39, 0.29) is 11.5 Å². The molecule has 2 aliphatic rings. The van der Waals surface area contributed by atoms with E-state index >= 15 is 0 Å². The molecule has 0 fully saturated rings. The van der Waals surface area contributed by atoms with Crippen LogP contribution in [0.1, 0.15) is 31.9 Å². The van der Waals surface area contributed by atoms with Crippen molar-refractivity contribution in [3.05, 3.63) is 35.7 Å². The Morgan fingerprint density at radius 2 is 2.15 bits per heavy atom. The standard InChI is InChI=1S/C20H26N4O3/c1-20-7-9-24(2)14(13-20)6-11-27-19(25)21-8-3-10-26-15-4-5-17-16(12-15)18(20)23-22-17/h4-5,12-13H,3,6-11H2,1-2H3,(H,21,25)(H,22,23). The van der Waals surface area contributed by atoms with E-state index in [1.165, 1.54) is 5.70 Å². The summed E-state index contributed by atoms with van der Waals surface area (Å²) < 4.78 is 11.2. The third kappa shape index (κ3) is 3.59. The van der Waals surface area contributed by atoms with Gasteiger partial charge in [0.1, 0.15) is 5.75 Å². The van der Waals surface area contributed by atoms with Gasteiger partial charge in [0.05, 0.1) is 24.4 Å². The van der Waals surface area contributed by atoms with Gasteiger partial charge in [-0.3, -0.25) is 5.10 Å². The van der Waals surface area contributed by atoms with Crippen LogP contribution in [-0.2, 0) is 10.2 Å². The molecule has 2 aromatic rings. The maximum Gasteiger partial charge on any atom is 0.407 e. The van der Waals surface area contributed by atoms with Crippen molar-refractivity contribution in [1.82, 2.24) is 20.4 Å². The molecular formula is C20H26N4O3. The van der Waals surface area contributed by atoms with Gasteiger partial charge in [-0.15, -0.1) is 0 Å². The normalized spacial score (nSPS) is 24.1. The Labute approximate surface area is 158 Å². The molecule has 0 saturated carbocycles. The Morgan fingerprint density at radius 3 is 3.04 bits per heavy atom. The van der Waals surface area contributed by atoms with E-state index in [2.05, 4.69) is 46.5 Å². The minimum Gasteiger partial charge on any atom is -0.494 e. The first-order valence-electron chi connectivity index (χ1n) is 9.50. The van der Waals surface area contributed by atoms with Gasteiger partial charge in [-0.1, -0.05) is 13.0 Å². The number of aromatic nitrogens is 2. The van der Waals surface area contributed by atoms with Crippen LogP contribution in [0.2, 0.25) is 0 Å². The lowest BCUT2D eigenvalue weighted by Crippen LogP contribution is -2.35. The fourth-order valence-corrected chi connectivity index (χ4v) is 3.81. The average molecular weight is 370 g/mol. The van der Waals surface area contributed by atoms with Crippen molar-refractivity contribution < 1.29 is 14.3 Å². The third-order valence-electron chi connectivity index (χ3n) is 5.47. The zero-order valence-electron chi connectivity index (χ0n) is 15.9. The maximum absolute atomic E-state index is 11.8. The fraction of sp³-hybridized carbons (Fsp3) is 0.500. The van der Waals surface area contributed by atoms with E-state index in [9.17, 15) is 4.79 Å². The lowest BCUT2D eigenvalue weighted by atomic mass is 9.78. The van der Waals surface area contributed by atoms with Crippen LogP contribution >= 0.6 is 0 Å². The van der Waals surface area contributed by atoms with Gasteiger partial charge >= 0.3 is 6.09 Å². The molecule has 1 unspecified atom stereocenters. The van der Waals surface area contributed by atoms with Crippen molar-refractivity contribution in [3.63, 3.8) is 0 Å². The summed E-state index contributed by atoms with van der Waals surface area (Å²) >= 11 is 0. The molecule has 2 aliphatic heterocycles. The zero-order chi connectivity index (χ0) is 18.9. The van der Waals surface area contributed by atoms with E-state index in [1.807, 2.05) is 12.1 Å². The lowest BCUT2D eigenvalue weighted by molar-refractivity contribution is 0.143. The lowest BCUT2D eigenvalue weighted by Gasteiger charge is -2.36. The second-order valence-corrected chi connectivity index (χ2v) is 7.52. The number of nitrogens with zero attached hydrogens (tertiary/aromatic N) is 2. The van der Waals surface area contributed by atoms with Crippen molar-refractivity contribution in [2.24, 2.45) is 0 Å². The van der Waals surface area contributed by atoms with E-state index in [0.29, 0.717) is 26.2 Å². The predicted octanol–water partition coefficient (Wildman–Crippen LogP) is 2.94. The summed E-state index contributed by atoms with van der Waals surface area (Å²) in [6.45, 7) is 4.57. The summed E-state index contributed by atoms with van der Waals surface area (Å²) in [6, 6.07) is 6.04. The third-order valence-corrected chi connectivity index (χ3v) is 5.47. The topological polar surface area (TPSA) is 79.5 Å². The molecule has 1 atom stereocenters. The molecule has 7 heteroatoms. The maximum atomic E-state index is 11.8. The Kier molecular flexibility index (Phi) is 4.68. The highest BCUT2D eigenvalue weighted by atomic mass is 16.5. The number of cyclic esters (lactones) is 1. The molecule has 144 valence electrons. The van der Waals surface area contributed by atoms with Gasteiger partial charge in [0.15, 0.2) is 0 Å². The Morgan fingerprint density at radius 1 is 1.26 bits per heavy atom. The van der Waals surface area contributed by atoms with Gasteiger partial charge < -0.3 is 19.7 Å². The second kappa shape index (κ2) is 7.13. The molecule has 4 bridgehead atoms. The molecular weight excluding hydrogens is 344 g/mol. The van der Waals surface area contributed by atoms with Crippen LogP contribution in [-0.4, -0.2) is 54.5 Å². The molecule has 7 nitrogen and oxygen atoms in total. The first-order valence-corrected chi connectivity index (χ1v) is 9.50. The average Bonchev–Trinajstić information content (AvgIpc) is 3.08. The highest BCUT2D eigenvalue weighted by Crippen LogP contribution is 2.38. The number of carbonyl (C=O) groups is 1. The Hall–Kier alpha value is -2.70. The van der Waals surface area contributed by atoms with E-state index in [4.69, 9.17) is 9.47 Å². The molecule has 1 aromatic carbocycles. The van der Waals surface area contributed by atoms with Crippen molar-refractivity contribution in [2.75, 3.05) is 33.4 Å². The summed E-state index contributed by atoms with van der Waals surface area (Å²) in [6.07, 6.45) is 4.28. The first-order chi connectivity index (χ1) is 13.0. The highest BCUT2D eigenvalue weighted by Gasteiger charge is 2.33. The number of rotatable bonds is 0. The number of aromatic amines is 1. The number of benzene rings is 1. The molecule has 27 heavy (non-hydrogen) atoms. The zero-order valence-corrected chi connectivity index (χ0v) is 15.9. The van der Waals surface area contributed by atoms with Crippen molar-refractivity contribution in [3.8, 4) is 5.75 Å². The number of amides is 1. The van der Waals surface area contributed by atoms with Gasteiger partial charge in [-0.2, -0.15) is 5.10 Å². The second-order valence-electron chi connectivity index (χ2n) is 7.52. The summed E-state index contributed by atoms with van der Waals surface area (Å²) in [5.74, 6) is 0.820. The molecule has 0 spiro atoms. The number of alkyl carbamates (subject to hydrolysis) is 1. The molecule has 0 radical (unpaired) electrons. The minimum absolute atomic E-state index is 0.182. The van der Waals surface area contributed by atoms with Crippen LogP contribution in [0, 0.1) is 0 Å². The monoisotopic (exact) mass is 370 g/mol. The number of ether oxygens (including phenoxy) is 2. The van der Waals surface area contributed by atoms with Gasteiger partial charge in [0.25, 0.3) is 0 Å². The van der Waals surface area contributed by atoms with Crippen LogP contribution in [0.5, 0.6) is 5.75 Å². The van der Waals surface area contributed by atoms with Crippen molar-refractivity contribution >= 4 is 17.0 Å². The predicted molar refractivity (Wildman–Crippen MR) is 103 cm³/mol. The van der Waals surface area contributed by atoms with Gasteiger partial charge in [0.2, 0.25) is 0 Å². The molecule has 2 N–H and O–H groups in total. The SMILES string of the molecule is CN1CCC2(C)C=C1CCOC(=O)NCCCOc1ccc3[nH]nc2c3c1. The van der Waals surface area contributed by atoms with Gasteiger partial charge in [0, 0.05) is 43.1 Å². The summed E-state index contributed by atoms with van der Waals surface area (Å²) in [7, 11) is 2.08. The number of nitrogens with one attached hydrogen (secondary N) is 2.